The summed E-state index contributed by atoms with van der Waals surface area (Å²) in [5.41, 5.74) is 5.76. The fourth-order valence-electron chi connectivity index (χ4n) is 1.68. The summed E-state index contributed by atoms with van der Waals surface area (Å²) < 4.78 is 62.8. The van der Waals surface area contributed by atoms with E-state index in [9.17, 15) is 16.8 Å². The number of hydrogen-bond donors (Lipinski definition) is 3. The molecule has 0 fully saturated rings. The van der Waals surface area contributed by atoms with E-state index in [2.05, 4.69) is 0 Å². The third-order valence-corrected chi connectivity index (χ3v) is 4.21. The van der Waals surface area contributed by atoms with Gasteiger partial charge in [-0.25, -0.2) is 0 Å². The topological polar surface area (TPSA) is 166 Å². The Bertz CT molecular complexity index is 878. The summed E-state index contributed by atoms with van der Waals surface area (Å²) in [5.74, 6) is 0. The standard InChI is InChI=1S/C10H9NO6S2.K.H2O/c11-7-2-1-6-3-8(18(12,13)14)5-10(9(6)4-7)19(15,16)17;;/h1-5H,11H2,(H,12,13,14)(H,15,16,17);;1H2. The zero-order valence-corrected chi connectivity index (χ0v) is 15.6. The number of benzene rings is 2. The number of rotatable bonds is 2. The van der Waals surface area contributed by atoms with Crippen LogP contribution in [-0.2, 0) is 20.2 Å². The molecule has 0 aliphatic carbocycles. The summed E-state index contributed by atoms with van der Waals surface area (Å²) in [6.45, 7) is 0. The van der Waals surface area contributed by atoms with Crippen LogP contribution in [0.15, 0.2) is 40.1 Å². The summed E-state index contributed by atoms with van der Waals surface area (Å²) in [4.78, 5) is -1.26. The van der Waals surface area contributed by atoms with Crippen molar-refractivity contribution in [3.8, 4) is 0 Å². The molecular weight excluding hydrogens is 349 g/mol. The van der Waals surface area contributed by atoms with Crippen molar-refractivity contribution in [2.24, 2.45) is 0 Å². The molecule has 2 aromatic rings. The third kappa shape index (κ3) is 4.69. The molecular formula is C10H11KNO7S2. The van der Waals surface area contributed by atoms with Gasteiger partial charge in [-0.1, -0.05) is 6.07 Å². The van der Waals surface area contributed by atoms with Crippen LogP contribution in [-0.4, -0.2) is 82.8 Å². The molecule has 0 aliphatic rings. The first-order valence-electron chi connectivity index (χ1n) is 4.87. The van der Waals surface area contributed by atoms with Crippen molar-refractivity contribution >= 4 is 88.1 Å². The minimum Gasteiger partial charge on any atom is -0.412 e. The molecule has 2 aromatic carbocycles. The van der Waals surface area contributed by atoms with Gasteiger partial charge in [0.25, 0.3) is 20.2 Å². The van der Waals surface area contributed by atoms with Gasteiger partial charge in [-0.3, -0.25) is 9.11 Å². The fourth-order valence-corrected chi connectivity index (χ4v) is 3.03. The summed E-state index contributed by atoms with van der Waals surface area (Å²) in [6.07, 6.45) is 0. The molecule has 111 valence electrons. The Hall–Kier alpha value is -0.0836. The molecule has 0 saturated heterocycles. The van der Waals surface area contributed by atoms with E-state index in [4.69, 9.17) is 14.8 Å². The molecule has 1 radical (unpaired) electrons. The predicted molar refractivity (Wildman–Crippen MR) is 77.4 cm³/mol. The van der Waals surface area contributed by atoms with Crippen molar-refractivity contribution in [3.63, 3.8) is 0 Å². The Labute approximate surface area is 163 Å². The van der Waals surface area contributed by atoms with Crippen LogP contribution in [0.3, 0.4) is 0 Å². The number of hydrogen-bond acceptors (Lipinski definition) is 5. The zero-order chi connectivity index (χ0) is 14.4. The molecule has 0 unspecified atom stereocenters. The molecule has 0 saturated carbocycles. The molecule has 0 aliphatic heterocycles. The molecule has 2 rings (SSSR count). The first kappa shape index (κ1) is 20.9. The molecule has 0 aromatic heterocycles. The summed E-state index contributed by atoms with van der Waals surface area (Å²) in [5, 5.41) is 0.270. The molecule has 0 bridgehead atoms. The van der Waals surface area contributed by atoms with Gasteiger partial charge in [0.2, 0.25) is 0 Å². The van der Waals surface area contributed by atoms with Crippen molar-refractivity contribution in [2.75, 3.05) is 5.73 Å². The fraction of sp³-hybridized carbons (Fsp3) is 0. The van der Waals surface area contributed by atoms with Gasteiger partial charge in [-0.15, -0.1) is 0 Å². The quantitative estimate of drug-likeness (QED) is 0.376. The monoisotopic (exact) mass is 360 g/mol. The van der Waals surface area contributed by atoms with E-state index in [1.807, 2.05) is 0 Å². The smallest absolute Gasteiger partial charge is 0.295 e. The van der Waals surface area contributed by atoms with E-state index >= 15 is 0 Å². The number of anilines is 1. The van der Waals surface area contributed by atoms with Gasteiger partial charge < -0.3 is 11.2 Å². The predicted octanol–water partition coefficient (Wildman–Crippen LogP) is -0.290. The van der Waals surface area contributed by atoms with Crippen molar-refractivity contribution in [2.45, 2.75) is 9.79 Å². The van der Waals surface area contributed by atoms with E-state index < -0.39 is 30.0 Å². The largest absolute Gasteiger partial charge is 0.412 e. The van der Waals surface area contributed by atoms with Crippen LogP contribution in [0.1, 0.15) is 0 Å². The molecule has 6 N–H and O–H groups in total. The van der Waals surface area contributed by atoms with Gasteiger partial charge in [0.1, 0.15) is 4.90 Å². The number of fused-ring (bicyclic) bond motifs is 1. The van der Waals surface area contributed by atoms with E-state index in [1.165, 1.54) is 18.2 Å². The number of nitrogen functional groups attached to an aromatic ring is 1. The van der Waals surface area contributed by atoms with Crippen molar-refractivity contribution in [3.05, 3.63) is 30.3 Å². The van der Waals surface area contributed by atoms with Crippen LogP contribution in [0, 0.1) is 0 Å². The molecule has 11 heteroatoms. The van der Waals surface area contributed by atoms with E-state index in [0.717, 1.165) is 6.07 Å². The summed E-state index contributed by atoms with van der Waals surface area (Å²) >= 11 is 0. The molecule has 0 amide bonds. The van der Waals surface area contributed by atoms with E-state index in [1.54, 1.807) is 0 Å². The van der Waals surface area contributed by atoms with E-state index in [-0.39, 0.29) is 73.3 Å². The second kappa shape index (κ2) is 7.00. The van der Waals surface area contributed by atoms with Gasteiger partial charge in [-0.05, 0) is 29.7 Å². The Morgan fingerprint density at radius 2 is 1.48 bits per heavy atom. The minimum atomic E-state index is -4.66. The summed E-state index contributed by atoms with van der Waals surface area (Å²) in [6, 6.07) is 5.86. The van der Waals surface area contributed by atoms with Gasteiger partial charge in [-0.2, -0.15) is 16.8 Å². The van der Waals surface area contributed by atoms with Crippen LogP contribution < -0.4 is 5.73 Å². The summed E-state index contributed by atoms with van der Waals surface area (Å²) in [7, 11) is -9.25. The molecule has 21 heavy (non-hydrogen) atoms. The Morgan fingerprint density at radius 1 is 0.905 bits per heavy atom. The maximum Gasteiger partial charge on any atom is 0.295 e. The Balaban J connectivity index is 0.00000200. The zero-order valence-electron chi connectivity index (χ0n) is 10.8. The number of nitrogens with two attached hydrogens (primary N) is 1. The second-order valence-corrected chi connectivity index (χ2v) is 6.66. The van der Waals surface area contributed by atoms with Crippen molar-refractivity contribution in [1.29, 1.82) is 0 Å². The second-order valence-electron chi connectivity index (χ2n) is 3.85. The minimum absolute atomic E-state index is 0. The first-order valence-corrected chi connectivity index (χ1v) is 7.75. The van der Waals surface area contributed by atoms with Crippen molar-refractivity contribution < 1.29 is 31.4 Å². The van der Waals surface area contributed by atoms with Gasteiger partial charge in [0, 0.05) is 62.5 Å². The molecule has 0 atom stereocenters. The average molecular weight is 360 g/mol. The maximum absolute atomic E-state index is 11.3. The van der Waals surface area contributed by atoms with Crippen LogP contribution in [0.2, 0.25) is 0 Å². The third-order valence-electron chi connectivity index (χ3n) is 2.49. The van der Waals surface area contributed by atoms with Crippen LogP contribution in [0.4, 0.5) is 5.69 Å². The first-order chi connectivity index (χ1) is 8.59. The van der Waals surface area contributed by atoms with E-state index in [0.29, 0.717) is 6.07 Å². The molecule has 8 nitrogen and oxygen atoms in total. The van der Waals surface area contributed by atoms with Gasteiger partial charge in [0.05, 0.1) is 4.90 Å². The van der Waals surface area contributed by atoms with Crippen LogP contribution in [0.25, 0.3) is 10.8 Å². The normalized spacial score (nSPS) is 11.5. The Kier molecular flexibility index (Phi) is 6.97. The maximum atomic E-state index is 11.3. The molecule has 0 heterocycles. The van der Waals surface area contributed by atoms with Crippen LogP contribution in [0.5, 0.6) is 0 Å². The van der Waals surface area contributed by atoms with Gasteiger partial charge in [0.15, 0.2) is 0 Å². The SMILES string of the molecule is Nc1ccc2cc(S(=O)(=O)O)cc(S(=O)(=O)O)c2c1.O.[K]. The Morgan fingerprint density at radius 3 is 1.95 bits per heavy atom. The van der Waals surface area contributed by atoms with Crippen molar-refractivity contribution in [1.82, 2.24) is 0 Å². The molecule has 0 spiro atoms. The van der Waals surface area contributed by atoms with Gasteiger partial charge >= 0.3 is 0 Å². The average Bonchev–Trinajstić information content (AvgIpc) is 2.24. The van der Waals surface area contributed by atoms with Crippen LogP contribution >= 0.6 is 0 Å².